The highest BCUT2D eigenvalue weighted by molar-refractivity contribution is 6.33. The number of benzene rings is 1. The van der Waals surface area contributed by atoms with Gasteiger partial charge in [0.15, 0.2) is 5.82 Å². The van der Waals surface area contributed by atoms with E-state index in [4.69, 9.17) is 11.6 Å². The molecule has 1 aromatic heterocycles. The van der Waals surface area contributed by atoms with Gasteiger partial charge < -0.3 is 5.32 Å². The van der Waals surface area contributed by atoms with E-state index in [0.717, 1.165) is 29.4 Å². The highest BCUT2D eigenvalue weighted by Gasteiger charge is 2.42. The first-order valence-corrected chi connectivity index (χ1v) is 9.47. The van der Waals surface area contributed by atoms with Crippen LogP contribution in [0.3, 0.4) is 0 Å². The van der Waals surface area contributed by atoms with Crippen molar-refractivity contribution in [3.8, 4) is 0 Å². The fraction of sp³-hybridized carbons (Fsp3) is 0.611. The van der Waals surface area contributed by atoms with E-state index in [0.29, 0.717) is 6.04 Å². The van der Waals surface area contributed by atoms with Crippen molar-refractivity contribution in [2.45, 2.75) is 69.4 Å². The Hall–Kier alpha value is -1.62. The van der Waals surface area contributed by atoms with Gasteiger partial charge in [-0.15, -0.1) is 5.10 Å². The Morgan fingerprint density at radius 3 is 2.54 bits per heavy atom. The maximum absolute atomic E-state index is 6.39. The van der Waals surface area contributed by atoms with Crippen LogP contribution in [0.25, 0.3) is 0 Å². The fourth-order valence-corrected chi connectivity index (χ4v) is 4.47. The Morgan fingerprint density at radius 2 is 1.79 bits per heavy atom. The molecule has 6 heteroatoms. The molecule has 2 aromatic rings. The van der Waals surface area contributed by atoms with Gasteiger partial charge in [-0.2, -0.15) is 0 Å². The maximum atomic E-state index is 6.39. The smallest absolute Gasteiger partial charge is 0.177 e. The lowest BCUT2D eigenvalue weighted by Gasteiger charge is -2.33. The summed E-state index contributed by atoms with van der Waals surface area (Å²) in [7, 11) is 0. The van der Waals surface area contributed by atoms with Gasteiger partial charge in [0.1, 0.15) is 0 Å². The van der Waals surface area contributed by atoms with E-state index in [1.54, 1.807) is 0 Å². The van der Waals surface area contributed by atoms with Crippen LogP contribution in [0.15, 0.2) is 24.3 Å². The third kappa shape index (κ3) is 2.90. The van der Waals surface area contributed by atoms with Gasteiger partial charge in [-0.1, -0.05) is 55.8 Å². The summed E-state index contributed by atoms with van der Waals surface area (Å²) in [6, 6.07) is 8.38. The average Bonchev–Trinajstić information content (AvgIpc) is 3.28. The van der Waals surface area contributed by atoms with Crippen molar-refractivity contribution in [1.29, 1.82) is 0 Å². The van der Waals surface area contributed by atoms with Gasteiger partial charge in [0, 0.05) is 0 Å². The fourth-order valence-electron chi connectivity index (χ4n) is 4.28. The quantitative estimate of drug-likeness (QED) is 0.871. The summed E-state index contributed by atoms with van der Waals surface area (Å²) in [5.41, 5.74) is 0.769. The van der Waals surface area contributed by atoms with Crippen molar-refractivity contribution in [2.75, 3.05) is 5.32 Å². The summed E-state index contributed by atoms with van der Waals surface area (Å²) in [5, 5.41) is 17.3. The number of tetrazole rings is 1. The second kappa shape index (κ2) is 6.71. The summed E-state index contributed by atoms with van der Waals surface area (Å²) < 4.78 is 2.11. The molecule has 1 N–H and O–H groups in total. The van der Waals surface area contributed by atoms with Crippen molar-refractivity contribution in [2.24, 2.45) is 0 Å². The van der Waals surface area contributed by atoms with Crippen molar-refractivity contribution < 1.29 is 0 Å². The summed E-state index contributed by atoms with van der Waals surface area (Å²) in [6.45, 7) is 0. The van der Waals surface area contributed by atoms with Gasteiger partial charge in [0.05, 0.1) is 22.3 Å². The van der Waals surface area contributed by atoms with Crippen molar-refractivity contribution in [3.05, 3.63) is 35.1 Å². The van der Waals surface area contributed by atoms with E-state index >= 15 is 0 Å². The Kier molecular flexibility index (Phi) is 4.44. The molecule has 0 amide bonds. The summed E-state index contributed by atoms with van der Waals surface area (Å²) in [4.78, 5) is 0. The lowest BCUT2D eigenvalue weighted by molar-refractivity contribution is 0.298. The molecule has 0 saturated heterocycles. The number of hydrogen-bond donors (Lipinski definition) is 1. The van der Waals surface area contributed by atoms with Crippen LogP contribution in [0.4, 0.5) is 5.69 Å². The van der Waals surface area contributed by atoms with E-state index in [2.05, 4.69) is 25.5 Å². The van der Waals surface area contributed by atoms with Gasteiger partial charge in [-0.3, -0.25) is 0 Å². The van der Waals surface area contributed by atoms with E-state index in [1.165, 1.54) is 44.9 Å². The molecule has 0 atom stereocenters. The number of nitrogens with one attached hydrogen (secondary N) is 1. The van der Waals surface area contributed by atoms with Gasteiger partial charge in [-0.25, -0.2) is 4.68 Å². The highest BCUT2D eigenvalue weighted by atomic mass is 35.5. The van der Waals surface area contributed by atoms with Gasteiger partial charge in [-0.05, 0) is 48.2 Å². The molecule has 2 saturated carbocycles. The van der Waals surface area contributed by atoms with Crippen LogP contribution in [0.1, 0.15) is 69.7 Å². The normalized spacial score (nSPS) is 21.0. The Balaban J connectivity index is 1.69. The molecule has 1 heterocycles. The lowest BCUT2D eigenvalue weighted by Crippen LogP contribution is -2.37. The molecule has 2 aliphatic rings. The van der Waals surface area contributed by atoms with Crippen LogP contribution in [0.2, 0.25) is 5.02 Å². The zero-order valence-corrected chi connectivity index (χ0v) is 14.7. The number of halogens is 1. The molecule has 128 valence electrons. The lowest BCUT2D eigenvalue weighted by atomic mass is 9.92. The van der Waals surface area contributed by atoms with Crippen LogP contribution in [-0.2, 0) is 5.54 Å². The first-order valence-electron chi connectivity index (χ1n) is 9.10. The Labute approximate surface area is 147 Å². The minimum absolute atomic E-state index is 0.202. The molecule has 4 rings (SSSR count). The summed E-state index contributed by atoms with van der Waals surface area (Å²) >= 11 is 6.39. The summed E-state index contributed by atoms with van der Waals surface area (Å²) in [5.74, 6) is 0.992. The molecular formula is C18H24ClN5. The van der Waals surface area contributed by atoms with E-state index in [-0.39, 0.29) is 5.54 Å². The molecule has 5 nitrogen and oxygen atoms in total. The van der Waals surface area contributed by atoms with E-state index in [1.807, 2.05) is 24.3 Å². The predicted molar refractivity (Wildman–Crippen MR) is 95.2 cm³/mol. The number of aromatic nitrogens is 4. The first kappa shape index (κ1) is 15.9. The summed E-state index contributed by atoms with van der Waals surface area (Å²) in [6.07, 6.45) is 10.7. The molecule has 1 aromatic carbocycles. The number of hydrogen-bond acceptors (Lipinski definition) is 4. The number of para-hydroxylation sites is 1. The van der Waals surface area contributed by atoms with Gasteiger partial charge in [0.2, 0.25) is 0 Å². The van der Waals surface area contributed by atoms with Crippen molar-refractivity contribution in [1.82, 2.24) is 20.2 Å². The second-order valence-electron chi connectivity index (χ2n) is 7.13. The third-order valence-electron chi connectivity index (χ3n) is 5.55. The molecule has 0 unspecified atom stereocenters. The van der Waals surface area contributed by atoms with Crippen molar-refractivity contribution >= 4 is 17.3 Å². The standard InChI is InChI=1S/C18H24ClN5/c19-15-10-4-5-11-16(15)20-18(12-6-7-13-18)17-21-22-23-24(17)14-8-2-1-3-9-14/h4-5,10-11,14,20H,1-3,6-9,12-13H2. The molecule has 0 aliphatic heterocycles. The molecule has 0 radical (unpaired) electrons. The first-order chi connectivity index (χ1) is 11.8. The molecule has 2 aliphatic carbocycles. The van der Waals surface area contributed by atoms with E-state index in [9.17, 15) is 0 Å². The number of rotatable bonds is 4. The van der Waals surface area contributed by atoms with Crippen LogP contribution < -0.4 is 5.32 Å². The monoisotopic (exact) mass is 345 g/mol. The van der Waals surface area contributed by atoms with Crippen LogP contribution in [0, 0.1) is 0 Å². The largest absolute Gasteiger partial charge is 0.371 e. The minimum Gasteiger partial charge on any atom is -0.371 e. The molecule has 0 spiro atoms. The number of nitrogens with zero attached hydrogens (tertiary/aromatic N) is 4. The SMILES string of the molecule is Clc1ccccc1NC1(c2nnnn2C2CCCCC2)CCCC1. The molecule has 24 heavy (non-hydrogen) atoms. The van der Waals surface area contributed by atoms with Crippen LogP contribution in [-0.4, -0.2) is 20.2 Å². The van der Waals surface area contributed by atoms with Crippen LogP contribution >= 0.6 is 11.6 Å². The maximum Gasteiger partial charge on any atom is 0.177 e. The predicted octanol–water partition coefficient (Wildman–Crippen LogP) is 4.71. The molecule has 0 bridgehead atoms. The topological polar surface area (TPSA) is 55.6 Å². The third-order valence-corrected chi connectivity index (χ3v) is 5.88. The highest BCUT2D eigenvalue weighted by Crippen LogP contribution is 2.43. The number of anilines is 1. The van der Waals surface area contributed by atoms with Crippen LogP contribution in [0.5, 0.6) is 0 Å². The minimum atomic E-state index is -0.202. The van der Waals surface area contributed by atoms with Crippen molar-refractivity contribution in [3.63, 3.8) is 0 Å². The van der Waals surface area contributed by atoms with Gasteiger partial charge >= 0.3 is 0 Å². The zero-order valence-electron chi connectivity index (χ0n) is 13.9. The van der Waals surface area contributed by atoms with E-state index < -0.39 is 0 Å². The second-order valence-corrected chi connectivity index (χ2v) is 7.54. The Morgan fingerprint density at radius 1 is 1.04 bits per heavy atom. The molecule has 2 fully saturated rings. The zero-order chi connectivity index (χ0) is 16.4. The average molecular weight is 346 g/mol. The van der Waals surface area contributed by atoms with Gasteiger partial charge in [0.25, 0.3) is 0 Å². The molecular weight excluding hydrogens is 322 g/mol. The Bertz CT molecular complexity index is 686.